The zero-order valence-corrected chi connectivity index (χ0v) is 15.9. The van der Waals surface area contributed by atoms with E-state index in [1.807, 2.05) is 0 Å². The van der Waals surface area contributed by atoms with Crippen LogP contribution in [0, 0.1) is 12.3 Å². The van der Waals surface area contributed by atoms with Gasteiger partial charge in [-0.2, -0.15) is 0 Å². The average Bonchev–Trinajstić information content (AvgIpc) is 3.25. The highest BCUT2D eigenvalue weighted by atomic mass is 16.5. The van der Waals surface area contributed by atoms with Gasteiger partial charge in [0, 0.05) is 30.5 Å². The number of rotatable bonds is 8. The number of hydrogen-bond acceptors (Lipinski definition) is 4. The van der Waals surface area contributed by atoms with Crippen LogP contribution in [0.5, 0.6) is 5.75 Å². The lowest BCUT2D eigenvalue weighted by atomic mass is 10.1. The molecule has 1 heterocycles. The number of aliphatic imine (C=N–C) groups is 1. The maximum Gasteiger partial charge on any atom is 0.191 e. The molecule has 2 fully saturated rings. The summed E-state index contributed by atoms with van der Waals surface area (Å²) in [6, 6.07) is 6.26. The second-order valence-corrected chi connectivity index (χ2v) is 7.42. The molecule has 0 amide bonds. The van der Waals surface area contributed by atoms with Crippen LogP contribution in [0.4, 0.5) is 0 Å². The topological polar surface area (TPSA) is 75.1 Å². The van der Waals surface area contributed by atoms with Crippen LogP contribution in [-0.4, -0.2) is 50.1 Å². The molecule has 6 nitrogen and oxygen atoms in total. The SMILES string of the molecule is CCNC(=NCc1ccc(C)cc1OC1CCOC1)NCC1(CO)CC1. The number of ether oxygens (including phenoxy) is 2. The van der Waals surface area contributed by atoms with E-state index in [4.69, 9.17) is 14.5 Å². The highest BCUT2D eigenvalue weighted by Gasteiger charge is 2.41. The molecule has 0 aromatic heterocycles. The fraction of sp³-hybridized carbons (Fsp3) is 0.650. The first-order chi connectivity index (χ1) is 12.6. The van der Waals surface area contributed by atoms with E-state index in [2.05, 4.69) is 42.7 Å². The molecule has 1 aliphatic carbocycles. The summed E-state index contributed by atoms with van der Waals surface area (Å²) in [6.45, 7) is 7.89. The smallest absolute Gasteiger partial charge is 0.191 e. The van der Waals surface area contributed by atoms with Crippen molar-refractivity contribution >= 4 is 5.96 Å². The van der Waals surface area contributed by atoms with E-state index in [-0.39, 0.29) is 18.1 Å². The van der Waals surface area contributed by atoms with Crippen LogP contribution in [0.15, 0.2) is 23.2 Å². The highest BCUT2D eigenvalue weighted by molar-refractivity contribution is 5.79. The van der Waals surface area contributed by atoms with Gasteiger partial charge in [-0.25, -0.2) is 4.99 Å². The van der Waals surface area contributed by atoms with Crippen LogP contribution in [0.1, 0.15) is 37.3 Å². The predicted octanol–water partition coefficient (Wildman–Crippen LogP) is 1.99. The fourth-order valence-electron chi connectivity index (χ4n) is 3.03. The lowest BCUT2D eigenvalue weighted by molar-refractivity contribution is 0.140. The third kappa shape index (κ3) is 5.11. The molecule has 144 valence electrons. The molecule has 1 unspecified atom stereocenters. The Morgan fingerprint density at radius 3 is 2.88 bits per heavy atom. The van der Waals surface area contributed by atoms with Crippen molar-refractivity contribution in [3.63, 3.8) is 0 Å². The molecule has 1 atom stereocenters. The zero-order chi connectivity index (χ0) is 18.4. The van der Waals surface area contributed by atoms with E-state index in [0.29, 0.717) is 13.2 Å². The molecule has 1 aromatic carbocycles. The first-order valence-corrected chi connectivity index (χ1v) is 9.61. The van der Waals surface area contributed by atoms with Gasteiger partial charge in [0.05, 0.1) is 26.4 Å². The van der Waals surface area contributed by atoms with E-state index in [0.717, 1.165) is 56.2 Å². The van der Waals surface area contributed by atoms with Crippen LogP contribution < -0.4 is 15.4 Å². The average molecular weight is 361 g/mol. The molecule has 1 aliphatic heterocycles. The normalized spacial score (nSPS) is 21.5. The van der Waals surface area contributed by atoms with Crippen molar-refractivity contribution in [2.75, 3.05) is 32.9 Å². The third-order valence-corrected chi connectivity index (χ3v) is 5.08. The molecular formula is C20H31N3O3. The first-order valence-electron chi connectivity index (χ1n) is 9.61. The lowest BCUT2D eigenvalue weighted by Crippen LogP contribution is -2.41. The van der Waals surface area contributed by atoms with Crippen molar-refractivity contribution in [1.82, 2.24) is 10.6 Å². The molecule has 3 rings (SSSR count). The first kappa shape index (κ1) is 19.0. The summed E-state index contributed by atoms with van der Waals surface area (Å²) in [4.78, 5) is 4.72. The van der Waals surface area contributed by atoms with Gasteiger partial charge >= 0.3 is 0 Å². The molecular weight excluding hydrogens is 330 g/mol. The zero-order valence-electron chi connectivity index (χ0n) is 15.9. The minimum atomic E-state index is 0.0524. The summed E-state index contributed by atoms with van der Waals surface area (Å²) in [5, 5.41) is 16.1. The van der Waals surface area contributed by atoms with Gasteiger partial charge in [-0.05, 0) is 38.3 Å². The lowest BCUT2D eigenvalue weighted by Gasteiger charge is -2.18. The van der Waals surface area contributed by atoms with E-state index >= 15 is 0 Å². The molecule has 2 aliphatic rings. The number of benzene rings is 1. The van der Waals surface area contributed by atoms with Gasteiger partial charge in [0.25, 0.3) is 0 Å². The molecule has 0 bridgehead atoms. The summed E-state index contributed by atoms with van der Waals surface area (Å²) < 4.78 is 11.6. The fourth-order valence-corrected chi connectivity index (χ4v) is 3.03. The number of aliphatic hydroxyl groups excluding tert-OH is 1. The van der Waals surface area contributed by atoms with Gasteiger partial charge in [0.2, 0.25) is 0 Å². The maximum atomic E-state index is 9.48. The Balaban J connectivity index is 1.65. The standard InChI is InChI=1S/C20H31N3O3/c1-3-21-19(23-13-20(14-24)7-8-20)22-11-16-5-4-15(2)10-18(16)26-17-6-9-25-12-17/h4-5,10,17,24H,3,6-9,11-14H2,1-2H3,(H2,21,22,23). The predicted molar refractivity (Wildman–Crippen MR) is 103 cm³/mol. The minimum Gasteiger partial charge on any atom is -0.488 e. The van der Waals surface area contributed by atoms with Crippen molar-refractivity contribution in [1.29, 1.82) is 0 Å². The van der Waals surface area contributed by atoms with Gasteiger partial charge in [-0.3, -0.25) is 0 Å². The van der Waals surface area contributed by atoms with Gasteiger partial charge in [-0.1, -0.05) is 12.1 Å². The summed E-state index contributed by atoms with van der Waals surface area (Å²) >= 11 is 0. The Hall–Kier alpha value is -1.79. The molecule has 1 saturated carbocycles. The molecule has 0 spiro atoms. The number of guanidine groups is 1. The van der Waals surface area contributed by atoms with Crippen molar-refractivity contribution in [3.8, 4) is 5.75 Å². The third-order valence-electron chi connectivity index (χ3n) is 5.08. The molecule has 6 heteroatoms. The second-order valence-electron chi connectivity index (χ2n) is 7.42. The number of nitrogens with zero attached hydrogens (tertiary/aromatic N) is 1. The van der Waals surface area contributed by atoms with E-state index in [1.165, 1.54) is 5.56 Å². The van der Waals surface area contributed by atoms with Gasteiger partial charge in [-0.15, -0.1) is 0 Å². The summed E-state index contributed by atoms with van der Waals surface area (Å²) in [5.74, 6) is 1.68. The number of nitrogens with one attached hydrogen (secondary N) is 2. The number of aryl methyl sites for hydroxylation is 1. The molecule has 1 saturated heterocycles. The van der Waals surface area contributed by atoms with Crippen LogP contribution in [0.25, 0.3) is 0 Å². The van der Waals surface area contributed by atoms with Crippen LogP contribution >= 0.6 is 0 Å². The van der Waals surface area contributed by atoms with Crippen molar-refractivity contribution < 1.29 is 14.6 Å². The Morgan fingerprint density at radius 1 is 1.38 bits per heavy atom. The van der Waals surface area contributed by atoms with Gasteiger partial charge in [0.1, 0.15) is 11.9 Å². The van der Waals surface area contributed by atoms with Crippen molar-refractivity contribution in [2.45, 2.75) is 45.8 Å². The Bertz CT molecular complexity index is 623. The van der Waals surface area contributed by atoms with E-state index in [9.17, 15) is 5.11 Å². The quantitative estimate of drug-likeness (QED) is 0.488. The Kier molecular flexibility index (Phi) is 6.38. The van der Waals surface area contributed by atoms with E-state index in [1.54, 1.807) is 0 Å². The summed E-state index contributed by atoms with van der Waals surface area (Å²) in [5.41, 5.74) is 2.30. The minimum absolute atomic E-state index is 0.0524. The molecule has 3 N–H and O–H groups in total. The summed E-state index contributed by atoms with van der Waals surface area (Å²) in [6.07, 6.45) is 3.22. The maximum absolute atomic E-state index is 9.48. The number of aliphatic hydroxyl groups is 1. The Labute approximate surface area is 156 Å². The second kappa shape index (κ2) is 8.73. The molecule has 26 heavy (non-hydrogen) atoms. The van der Waals surface area contributed by atoms with Crippen LogP contribution in [0.2, 0.25) is 0 Å². The van der Waals surface area contributed by atoms with Crippen molar-refractivity contribution in [3.05, 3.63) is 29.3 Å². The Morgan fingerprint density at radius 2 is 2.23 bits per heavy atom. The summed E-state index contributed by atoms with van der Waals surface area (Å²) in [7, 11) is 0. The molecule has 1 aromatic rings. The van der Waals surface area contributed by atoms with Gasteiger partial charge < -0.3 is 25.2 Å². The number of hydrogen-bond donors (Lipinski definition) is 3. The highest BCUT2D eigenvalue weighted by Crippen LogP contribution is 2.44. The monoisotopic (exact) mass is 361 g/mol. The van der Waals surface area contributed by atoms with Crippen molar-refractivity contribution in [2.24, 2.45) is 10.4 Å². The van der Waals surface area contributed by atoms with Crippen LogP contribution in [0.3, 0.4) is 0 Å². The molecule has 0 radical (unpaired) electrons. The van der Waals surface area contributed by atoms with Crippen LogP contribution in [-0.2, 0) is 11.3 Å². The van der Waals surface area contributed by atoms with E-state index < -0.39 is 0 Å². The largest absolute Gasteiger partial charge is 0.488 e. The van der Waals surface area contributed by atoms with Gasteiger partial charge in [0.15, 0.2) is 5.96 Å².